The SMILES string of the molecule is c1ccc(Nc2cc3nc(-c4cccnn4)[nH]c3cn2)nc1. The first-order valence-electron chi connectivity index (χ1n) is 6.70. The molecular weight excluding hydrogens is 278 g/mol. The predicted octanol–water partition coefficient (Wildman–Crippen LogP) is 2.55. The van der Waals surface area contributed by atoms with Gasteiger partial charge < -0.3 is 10.3 Å². The maximum absolute atomic E-state index is 4.53. The smallest absolute Gasteiger partial charge is 0.159 e. The van der Waals surface area contributed by atoms with Crippen LogP contribution in [0.25, 0.3) is 22.6 Å². The largest absolute Gasteiger partial charge is 0.335 e. The van der Waals surface area contributed by atoms with Crippen molar-refractivity contribution in [3.63, 3.8) is 0 Å². The fraction of sp³-hybridized carbons (Fsp3) is 0. The molecule has 7 nitrogen and oxygen atoms in total. The number of anilines is 2. The molecule has 2 N–H and O–H groups in total. The minimum absolute atomic E-state index is 0.667. The first-order chi connectivity index (χ1) is 10.9. The van der Waals surface area contributed by atoms with Gasteiger partial charge in [-0.2, -0.15) is 5.10 Å². The van der Waals surface area contributed by atoms with Crippen LogP contribution in [0.15, 0.2) is 55.0 Å². The number of rotatable bonds is 3. The van der Waals surface area contributed by atoms with Gasteiger partial charge in [-0.1, -0.05) is 6.07 Å². The standard InChI is InChI=1S/C15H11N7/c1-2-6-16-13(5-1)21-14-8-11-12(9-17-14)20-15(19-11)10-4-3-7-18-22-10/h1-9H,(H,19,20)(H,16,17,21). The molecule has 0 fully saturated rings. The van der Waals surface area contributed by atoms with Crippen LogP contribution >= 0.6 is 0 Å². The molecule has 4 rings (SSSR count). The third-order valence-corrected chi connectivity index (χ3v) is 3.10. The molecule has 4 aromatic rings. The van der Waals surface area contributed by atoms with Gasteiger partial charge in [-0.25, -0.2) is 15.0 Å². The average molecular weight is 289 g/mol. The molecule has 0 aromatic carbocycles. The molecule has 7 heteroatoms. The molecule has 22 heavy (non-hydrogen) atoms. The van der Waals surface area contributed by atoms with Gasteiger partial charge in [-0.05, 0) is 24.3 Å². The number of hydrogen-bond acceptors (Lipinski definition) is 6. The van der Waals surface area contributed by atoms with E-state index in [-0.39, 0.29) is 0 Å². The van der Waals surface area contributed by atoms with E-state index in [1.807, 2.05) is 36.4 Å². The zero-order chi connectivity index (χ0) is 14.8. The van der Waals surface area contributed by atoms with E-state index in [2.05, 4.69) is 35.5 Å². The van der Waals surface area contributed by atoms with Crippen molar-refractivity contribution in [1.82, 2.24) is 30.1 Å². The summed E-state index contributed by atoms with van der Waals surface area (Å²) in [5.41, 5.74) is 2.33. The molecule has 0 radical (unpaired) electrons. The van der Waals surface area contributed by atoms with E-state index < -0.39 is 0 Å². The Kier molecular flexibility index (Phi) is 2.93. The van der Waals surface area contributed by atoms with Gasteiger partial charge >= 0.3 is 0 Å². The summed E-state index contributed by atoms with van der Waals surface area (Å²) in [4.78, 5) is 16.3. The van der Waals surface area contributed by atoms with E-state index in [4.69, 9.17) is 0 Å². The van der Waals surface area contributed by atoms with Gasteiger partial charge in [-0.3, -0.25) is 0 Å². The van der Waals surface area contributed by atoms with Crippen molar-refractivity contribution in [2.24, 2.45) is 0 Å². The Morgan fingerprint density at radius 3 is 2.77 bits per heavy atom. The zero-order valence-corrected chi connectivity index (χ0v) is 11.4. The van der Waals surface area contributed by atoms with Gasteiger partial charge in [-0.15, -0.1) is 5.10 Å². The molecule has 106 valence electrons. The number of nitrogens with one attached hydrogen (secondary N) is 2. The highest BCUT2D eigenvalue weighted by atomic mass is 15.1. The van der Waals surface area contributed by atoms with Gasteiger partial charge in [0.2, 0.25) is 0 Å². The minimum Gasteiger partial charge on any atom is -0.335 e. The van der Waals surface area contributed by atoms with E-state index in [0.717, 1.165) is 16.9 Å². The van der Waals surface area contributed by atoms with Crippen LogP contribution in [0.1, 0.15) is 0 Å². The van der Waals surface area contributed by atoms with Gasteiger partial charge in [0.05, 0.1) is 17.2 Å². The lowest BCUT2D eigenvalue weighted by atomic mass is 10.4. The van der Waals surface area contributed by atoms with Crippen LogP contribution in [0.5, 0.6) is 0 Å². The van der Waals surface area contributed by atoms with Gasteiger partial charge in [0.25, 0.3) is 0 Å². The number of pyridine rings is 2. The number of aromatic nitrogens is 6. The van der Waals surface area contributed by atoms with Crippen molar-refractivity contribution < 1.29 is 0 Å². The second-order valence-electron chi connectivity index (χ2n) is 4.62. The maximum Gasteiger partial charge on any atom is 0.159 e. The number of fused-ring (bicyclic) bond motifs is 1. The molecular formula is C15H11N7. The van der Waals surface area contributed by atoms with Crippen LogP contribution in [-0.2, 0) is 0 Å². The van der Waals surface area contributed by atoms with Crippen LogP contribution in [0, 0.1) is 0 Å². The van der Waals surface area contributed by atoms with E-state index >= 15 is 0 Å². The van der Waals surface area contributed by atoms with Crippen LogP contribution in [0.4, 0.5) is 11.6 Å². The summed E-state index contributed by atoms with van der Waals surface area (Å²) in [5.74, 6) is 2.09. The molecule has 0 atom stereocenters. The average Bonchev–Trinajstić information content (AvgIpc) is 3.00. The van der Waals surface area contributed by atoms with Crippen LogP contribution in [-0.4, -0.2) is 30.1 Å². The van der Waals surface area contributed by atoms with Crippen molar-refractivity contribution in [1.29, 1.82) is 0 Å². The Morgan fingerprint density at radius 1 is 0.955 bits per heavy atom. The van der Waals surface area contributed by atoms with Crippen LogP contribution < -0.4 is 5.32 Å². The Balaban J connectivity index is 1.69. The van der Waals surface area contributed by atoms with Crippen molar-refractivity contribution >= 4 is 22.7 Å². The van der Waals surface area contributed by atoms with Crippen molar-refractivity contribution in [2.75, 3.05) is 5.32 Å². The normalized spacial score (nSPS) is 10.7. The second-order valence-corrected chi connectivity index (χ2v) is 4.62. The molecule has 0 bridgehead atoms. The molecule has 0 aliphatic rings. The van der Waals surface area contributed by atoms with Gasteiger partial charge in [0.1, 0.15) is 17.3 Å². The van der Waals surface area contributed by atoms with E-state index in [9.17, 15) is 0 Å². The summed E-state index contributed by atoms with van der Waals surface area (Å²) in [5, 5.41) is 11.0. The zero-order valence-electron chi connectivity index (χ0n) is 11.4. The number of nitrogens with zero attached hydrogens (tertiary/aromatic N) is 5. The lowest BCUT2D eigenvalue weighted by Gasteiger charge is -2.03. The first-order valence-corrected chi connectivity index (χ1v) is 6.70. The van der Waals surface area contributed by atoms with Gasteiger partial charge in [0.15, 0.2) is 5.82 Å². The summed E-state index contributed by atoms with van der Waals surface area (Å²) < 4.78 is 0. The van der Waals surface area contributed by atoms with E-state index in [0.29, 0.717) is 17.3 Å². The summed E-state index contributed by atoms with van der Waals surface area (Å²) in [7, 11) is 0. The molecule has 0 amide bonds. The van der Waals surface area contributed by atoms with Crippen LogP contribution in [0.2, 0.25) is 0 Å². The highest BCUT2D eigenvalue weighted by Gasteiger charge is 2.08. The lowest BCUT2D eigenvalue weighted by molar-refractivity contribution is 1.02. The van der Waals surface area contributed by atoms with Crippen molar-refractivity contribution in [3.8, 4) is 11.5 Å². The molecule has 0 saturated heterocycles. The topological polar surface area (TPSA) is 92.3 Å². The Labute approximate surface area is 125 Å². The fourth-order valence-corrected chi connectivity index (χ4v) is 2.09. The quantitative estimate of drug-likeness (QED) is 0.602. The third kappa shape index (κ3) is 2.35. The molecule has 4 heterocycles. The summed E-state index contributed by atoms with van der Waals surface area (Å²) in [6.07, 6.45) is 5.08. The molecule has 0 saturated carbocycles. The highest BCUT2D eigenvalue weighted by Crippen LogP contribution is 2.20. The fourth-order valence-electron chi connectivity index (χ4n) is 2.09. The summed E-state index contributed by atoms with van der Waals surface area (Å²) >= 11 is 0. The van der Waals surface area contributed by atoms with Crippen molar-refractivity contribution in [2.45, 2.75) is 0 Å². The number of imidazole rings is 1. The molecule has 0 unspecified atom stereocenters. The van der Waals surface area contributed by atoms with Crippen LogP contribution in [0.3, 0.4) is 0 Å². The second kappa shape index (κ2) is 5.21. The third-order valence-electron chi connectivity index (χ3n) is 3.10. The van der Waals surface area contributed by atoms with E-state index in [1.165, 1.54) is 0 Å². The molecule has 0 aliphatic carbocycles. The highest BCUT2D eigenvalue weighted by molar-refractivity contribution is 5.80. The maximum atomic E-state index is 4.53. The Hall–Kier alpha value is -3.35. The summed E-state index contributed by atoms with van der Waals surface area (Å²) in [6, 6.07) is 11.2. The van der Waals surface area contributed by atoms with Gasteiger partial charge in [0, 0.05) is 18.5 Å². The molecule has 4 aromatic heterocycles. The predicted molar refractivity (Wildman–Crippen MR) is 82.4 cm³/mol. The molecule has 0 aliphatic heterocycles. The number of H-pyrrole nitrogens is 1. The lowest BCUT2D eigenvalue weighted by Crippen LogP contribution is -1.94. The number of hydrogen-bond donors (Lipinski definition) is 2. The van der Waals surface area contributed by atoms with E-state index in [1.54, 1.807) is 18.6 Å². The van der Waals surface area contributed by atoms with Crippen molar-refractivity contribution in [3.05, 3.63) is 55.0 Å². The number of aromatic amines is 1. The summed E-state index contributed by atoms with van der Waals surface area (Å²) in [6.45, 7) is 0. The Morgan fingerprint density at radius 2 is 1.95 bits per heavy atom. The Bertz CT molecular complexity index is 903. The minimum atomic E-state index is 0.667. The molecule has 0 spiro atoms. The monoisotopic (exact) mass is 289 g/mol. The first kappa shape index (κ1) is 12.4.